The number of benzene rings is 2. The molecule has 0 spiro atoms. The summed E-state index contributed by atoms with van der Waals surface area (Å²) < 4.78 is 2.91. The largest absolute Gasteiger partial charge is 0.322 e. The van der Waals surface area contributed by atoms with E-state index in [4.69, 9.17) is 0 Å². The Morgan fingerprint density at radius 1 is 1.00 bits per heavy atom. The lowest BCUT2D eigenvalue weighted by molar-refractivity contribution is -0.112. The third kappa shape index (κ3) is 5.67. The molecule has 2 aromatic heterocycles. The van der Waals surface area contributed by atoms with Crippen molar-refractivity contribution in [2.75, 3.05) is 10.6 Å². The van der Waals surface area contributed by atoms with Gasteiger partial charge in [0.05, 0.1) is 5.56 Å². The van der Waals surface area contributed by atoms with E-state index >= 15 is 0 Å². The van der Waals surface area contributed by atoms with Crippen molar-refractivity contribution in [3.8, 4) is 11.1 Å². The van der Waals surface area contributed by atoms with Gasteiger partial charge in [-0.05, 0) is 100 Å². The lowest BCUT2D eigenvalue weighted by Crippen LogP contribution is -2.17. The number of hydrogen-bond donors (Lipinski definition) is 2. The van der Waals surface area contributed by atoms with Crippen LogP contribution >= 0.6 is 27.3 Å². The Bertz CT molecular complexity index is 1690. The molecule has 5 rings (SSSR count). The number of fused-ring (bicyclic) bond motifs is 1. The standard InChI is InChI=1S/C32H29BrN4O2S/c1-19-11-13-25(14-12-19)35-31(39)29-27-9-4-5-10-28(27)40-32(29)37-20(2)15-22(21(37)3)16-23(18-34)30(38)36-26-8-6-7-24(33)17-26/h6-8,11-17H,4-5,9-10H2,1-3H3,(H,35,39)(H,36,38)/b23-16-. The number of carbonyl (C=O) groups is 2. The minimum atomic E-state index is -0.477. The van der Waals surface area contributed by atoms with Crippen molar-refractivity contribution < 1.29 is 9.59 Å². The van der Waals surface area contributed by atoms with Crippen molar-refractivity contribution in [1.82, 2.24) is 4.57 Å². The summed E-state index contributed by atoms with van der Waals surface area (Å²) in [6.45, 7) is 5.96. The molecule has 2 amide bonds. The highest BCUT2D eigenvalue weighted by Gasteiger charge is 2.28. The number of aromatic nitrogens is 1. The summed E-state index contributed by atoms with van der Waals surface area (Å²) in [5, 5.41) is 16.6. The Kier molecular flexibility index (Phi) is 8.06. The fourth-order valence-electron chi connectivity index (χ4n) is 5.09. The molecule has 0 unspecified atom stereocenters. The van der Waals surface area contributed by atoms with Crippen LogP contribution < -0.4 is 10.6 Å². The molecule has 8 heteroatoms. The highest BCUT2D eigenvalue weighted by molar-refractivity contribution is 9.10. The number of amides is 2. The number of halogens is 1. The molecule has 0 bridgehead atoms. The molecule has 0 aliphatic heterocycles. The van der Waals surface area contributed by atoms with Gasteiger partial charge < -0.3 is 15.2 Å². The van der Waals surface area contributed by atoms with E-state index in [2.05, 4.69) is 31.1 Å². The van der Waals surface area contributed by atoms with Crippen molar-refractivity contribution in [2.45, 2.75) is 46.5 Å². The minimum absolute atomic E-state index is 0.00281. The molecule has 4 aromatic rings. The Hall–Kier alpha value is -3.93. The third-order valence-electron chi connectivity index (χ3n) is 7.11. The average Bonchev–Trinajstić information content (AvgIpc) is 3.44. The fourth-order valence-corrected chi connectivity index (χ4v) is 6.99. The molecule has 1 aliphatic carbocycles. The van der Waals surface area contributed by atoms with Crippen LogP contribution in [0.5, 0.6) is 0 Å². The van der Waals surface area contributed by atoms with Crippen LogP contribution in [0.25, 0.3) is 11.1 Å². The molecular weight excluding hydrogens is 584 g/mol. The molecule has 40 heavy (non-hydrogen) atoms. The molecule has 1 aliphatic rings. The van der Waals surface area contributed by atoms with E-state index in [1.54, 1.807) is 29.5 Å². The van der Waals surface area contributed by atoms with Crippen LogP contribution in [0.2, 0.25) is 0 Å². The Morgan fingerprint density at radius 3 is 2.48 bits per heavy atom. The second kappa shape index (κ2) is 11.7. The van der Waals surface area contributed by atoms with Crippen LogP contribution in [0.1, 0.15) is 56.2 Å². The van der Waals surface area contributed by atoms with E-state index in [1.165, 1.54) is 4.88 Å². The van der Waals surface area contributed by atoms with Gasteiger partial charge in [0, 0.05) is 32.1 Å². The summed E-state index contributed by atoms with van der Waals surface area (Å²) in [5.74, 6) is -0.593. The number of nitrogens with zero attached hydrogens (tertiary/aromatic N) is 2. The summed E-state index contributed by atoms with van der Waals surface area (Å²) in [4.78, 5) is 27.9. The number of rotatable bonds is 6. The molecule has 0 saturated heterocycles. The van der Waals surface area contributed by atoms with Crippen LogP contribution in [0, 0.1) is 32.1 Å². The number of thiophene rings is 1. The maximum Gasteiger partial charge on any atom is 0.266 e. The van der Waals surface area contributed by atoms with Gasteiger partial charge in [-0.3, -0.25) is 9.59 Å². The average molecular weight is 614 g/mol. The van der Waals surface area contributed by atoms with Gasteiger partial charge in [-0.2, -0.15) is 5.26 Å². The fraction of sp³-hybridized carbons (Fsp3) is 0.219. The zero-order valence-corrected chi connectivity index (χ0v) is 25.0. The number of hydrogen-bond acceptors (Lipinski definition) is 4. The molecule has 2 heterocycles. The Labute approximate surface area is 246 Å². The van der Waals surface area contributed by atoms with Gasteiger partial charge in [-0.15, -0.1) is 11.3 Å². The van der Waals surface area contributed by atoms with Gasteiger partial charge in [-0.1, -0.05) is 39.7 Å². The quantitative estimate of drug-likeness (QED) is 0.171. The van der Waals surface area contributed by atoms with E-state index in [1.807, 2.05) is 69.3 Å². The number of nitrogens with one attached hydrogen (secondary N) is 2. The molecular formula is C32H29BrN4O2S. The smallest absolute Gasteiger partial charge is 0.266 e. The van der Waals surface area contributed by atoms with Crippen molar-refractivity contribution in [3.63, 3.8) is 0 Å². The topological polar surface area (TPSA) is 86.9 Å². The lowest BCUT2D eigenvalue weighted by atomic mass is 9.95. The molecule has 2 aromatic carbocycles. The second-order valence-electron chi connectivity index (χ2n) is 10.0. The van der Waals surface area contributed by atoms with Crippen LogP contribution in [-0.2, 0) is 17.6 Å². The van der Waals surface area contributed by atoms with E-state index in [-0.39, 0.29) is 11.5 Å². The zero-order chi connectivity index (χ0) is 28.4. The summed E-state index contributed by atoms with van der Waals surface area (Å²) in [6, 6.07) is 19.0. The number of carbonyl (C=O) groups excluding carboxylic acids is 2. The van der Waals surface area contributed by atoms with Gasteiger partial charge >= 0.3 is 0 Å². The second-order valence-corrected chi connectivity index (χ2v) is 12.0. The number of anilines is 2. The van der Waals surface area contributed by atoms with Crippen molar-refractivity contribution in [1.29, 1.82) is 5.26 Å². The van der Waals surface area contributed by atoms with Crippen LogP contribution in [-0.4, -0.2) is 16.4 Å². The van der Waals surface area contributed by atoms with Crippen LogP contribution in [0.3, 0.4) is 0 Å². The molecule has 0 atom stereocenters. The number of aryl methyl sites for hydroxylation is 3. The molecule has 0 fully saturated rings. The first kappa shape index (κ1) is 27.6. The molecule has 6 nitrogen and oxygen atoms in total. The van der Waals surface area contributed by atoms with Crippen molar-refractivity contribution >= 4 is 56.5 Å². The zero-order valence-electron chi connectivity index (χ0n) is 22.6. The van der Waals surface area contributed by atoms with Gasteiger partial charge in [0.25, 0.3) is 11.8 Å². The Balaban J connectivity index is 1.52. The van der Waals surface area contributed by atoms with Gasteiger partial charge in [0.1, 0.15) is 16.6 Å². The predicted molar refractivity (Wildman–Crippen MR) is 165 cm³/mol. The minimum Gasteiger partial charge on any atom is -0.322 e. The normalized spacial score (nSPS) is 12.9. The number of nitriles is 1. The predicted octanol–water partition coefficient (Wildman–Crippen LogP) is 7.90. The molecule has 202 valence electrons. The van der Waals surface area contributed by atoms with Crippen LogP contribution in [0.4, 0.5) is 11.4 Å². The summed E-state index contributed by atoms with van der Waals surface area (Å²) in [5.41, 5.74) is 6.89. The third-order valence-corrected chi connectivity index (χ3v) is 8.88. The lowest BCUT2D eigenvalue weighted by Gasteiger charge is -2.14. The first-order valence-corrected chi connectivity index (χ1v) is 14.8. The summed E-state index contributed by atoms with van der Waals surface area (Å²) in [7, 11) is 0. The van der Waals surface area contributed by atoms with Gasteiger partial charge in [0.2, 0.25) is 0 Å². The maximum atomic E-state index is 13.7. The van der Waals surface area contributed by atoms with Crippen molar-refractivity contribution in [2.24, 2.45) is 0 Å². The highest BCUT2D eigenvalue weighted by Crippen LogP contribution is 2.39. The first-order chi connectivity index (χ1) is 19.2. The van der Waals surface area contributed by atoms with E-state index in [0.29, 0.717) is 11.3 Å². The highest BCUT2D eigenvalue weighted by atomic mass is 79.9. The molecule has 2 N–H and O–H groups in total. The monoisotopic (exact) mass is 612 g/mol. The van der Waals surface area contributed by atoms with Gasteiger partial charge in [0.15, 0.2) is 0 Å². The Morgan fingerprint density at radius 2 is 1.75 bits per heavy atom. The summed E-state index contributed by atoms with van der Waals surface area (Å²) in [6.07, 6.45) is 5.63. The van der Waals surface area contributed by atoms with E-state index in [9.17, 15) is 14.9 Å². The molecule has 0 saturated carbocycles. The molecule has 0 radical (unpaired) electrons. The van der Waals surface area contributed by atoms with Crippen LogP contribution in [0.15, 0.2) is 64.6 Å². The van der Waals surface area contributed by atoms with E-state index in [0.717, 1.165) is 68.9 Å². The maximum absolute atomic E-state index is 13.7. The van der Waals surface area contributed by atoms with Gasteiger partial charge in [-0.25, -0.2) is 0 Å². The van der Waals surface area contributed by atoms with E-state index < -0.39 is 5.91 Å². The van der Waals surface area contributed by atoms with Crippen molar-refractivity contribution in [3.05, 3.63) is 103 Å². The first-order valence-electron chi connectivity index (χ1n) is 13.2. The summed E-state index contributed by atoms with van der Waals surface area (Å²) >= 11 is 5.06. The SMILES string of the molecule is Cc1ccc(NC(=O)c2c(-n3c(C)cc(/C=C(/C#N)C(=O)Nc4cccc(Br)c4)c3C)sc3c2CCCC3)cc1.